The van der Waals surface area contributed by atoms with Crippen molar-refractivity contribution in [3.63, 3.8) is 0 Å². The first-order valence-electron chi connectivity index (χ1n) is 24.2. The molecule has 0 aliphatic heterocycles. The molecule has 0 atom stereocenters. The number of nitrogens with zero attached hydrogens (tertiary/aromatic N) is 1. The fraction of sp³-hybridized carbons (Fsp3) is 0.0294. The van der Waals surface area contributed by atoms with Crippen molar-refractivity contribution in [1.82, 2.24) is 0 Å². The fourth-order valence-electron chi connectivity index (χ4n) is 13.4. The number of hydrogen-bond donors (Lipinski definition) is 0. The molecule has 0 heterocycles. The maximum atomic E-state index is 2.59. The second-order valence-corrected chi connectivity index (χ2v) is 19.0. The molecule has 15 rings (SSSR count). The van der Waals surface area contributed by atoms with E-state index in [1.54, 1.807) is 0 Å². The SMILES string of the molecule is c1ccc(C2(c3cccc(N(c4ccc5c6ccccc6c6ccccc6c5c4)c4cccc5c4C4(c6ccccc6-c6ccccc64)c4ccccc4-5)c3)c3ccccc3-c3ccccc32)cc1. The minimum Gasteiger partial charge on any atom is -0.310 e. The summed E-state index contributed by atoms with van der Waals surface area (Å²) >= 11 is 0. The molecular weight excluding hydrogens is 831 g/mol. The van der Waals surface area contributed by atoms with Crippen molar-refractivity contribution in [3.8, 4) is 33.4 Å². The third-order valence-corrected chi connectivity index (χ3v) is 15.9. The molecule has 3 aliphatic rings. The smallest absolute Gasteiger partial charge is 0.0746 e. The molecule has 0 N–H and O–H groups in total. The summed E-state index contributed by atoms with van der Waals surface area (Å²) in [6, 6.07) is 98.3. The van der Waals surface area contributed by atoms with Crippen LogP contribution in [-0.4, -0.2) is 0 Å². The van der Waals surface area contributed by atoms with Crippen LogP contribution in [0.25, 0.3) is 65.7 Å². The van der Waals surface area contributed by atoms with Crippen LogP contribution >= 0.6 is 0 Å². The predicted octanol–water partition coefficient (Wildman–Crippen LogP) is 17.3. The number of rotatable bonds is 5. The number of fused-ring (bicyclic) bond motifs is 19. The van der Waals surface area contributed by atoms with Gasteiger partial charge in [-0.05, 0) is 135 Å². The van der Waals surface area contributed by atoms with Gasteiger partial charge < -0.3 is 4.90 Å². The normalized spacial score (nSPS) is 14.0. The van der Waals surface area contributed by atoms with Crippen molar-refractivity contribution in [3.05, 3.63) is 305 Å². The minimum atomic E-state index is -0.561. The van der Waals surface area contributed by atoms with Gasteiger partial charge in [-0.1, -0.05) is 231 Å². The zero-order valence-electron chi connectivity index (χ0n) is 37.8. The summed E-state index contributed by atoms with van der Waals surface area (Å²) in [4.78, 5) is 2.59. The summed E-state index contributed by atoms with van der Waals surface area (Å²) < 4.78 is 0. The monoisotopic (exact) mass is 873 g/mol. The van der Waals surface area contributed by atoms with Gasteiger partial charge in [0.15, 0.2) is 0 Å². The summed E-state index contributed by atoms with van der Waals surface area (Å²) in [5, 5.41) is 7.56. The molecule has 1 spiro atoms. The zero-order chi connectivity index (χ0) is 45.3. The van der Waals surface area contributed by atoms with E-state index >= 15 is 0 Å². The predicted molar refractivity (Wildman–Crippen MR) is 287 cm³/mol. The van der Waals surface area contributed by atoms with E-state index in [0.717, 1.165) is 17.1 Å². The van der Waals surface area contributed by atoms with Crippen molar-refractivity contribution in [2.75, 3.05) is 4.90 Å². The van der Waals surface area contributed by atoms with Gasteiger partial charge in [-0.25, -0.2) is 0 Å². The van der Waals surface area contributed by atoms with Gasteiger partial charge in [-0.2, -0.15) is 0 Å². The lowest BCUT2D eigenvalue weighted by atomic mass is 9.67. The topological polar surface area (TPSA) is 3.24 Å². The van der Waals surface area contributed by atoms with Gasteiger partial charge in [-0.3, -0.25) is 0 Å². The van der Waals surface area contributed by atoms with Crippen LogP contribution in [0.1, 0.15) is 44.5 Å². The van der Waals surface area contributed by atoms with E-state index in [4.69, 9.17) is 0 Å². The Morgan fingerprint density at radius 2 is 0.609 bits per heavy atom. The molecule has 0 saturated carbocycles. The van der Waals surface area contributed by atoms with E-state index in [-0.39, 0.29) is 0 Å². The van der Waals surface area contributed by atoms with Crippen LogP contribution in [0, 0.1) is 0 Å². The van der Waals surface area contributed by atoms with Gasteiger partial charge in [0.2, 0.25) is 0 Å². The molecule has 0 aromatic heterocycles. The zero-order valence-corrected chi connectivity index (χ0v) is 37.8. The highest BCUT2D eigenvalue weighted by atomic mass is 15.1. The third-order valence-electron chi connectivity index (χ3n) is 15.9. The second kappa shape index (κ2) is 14.4. The molecule has 0 bridgehead atoms. The Labute approximate surface area is 401 Å². The average molecular weight is 874 g/mol. The molecule has 12 aromatic rings. The Morgan fingerprint density at radius 3 is 1.14 bits per heavy atom. The van der Waals surface area contributed by atoms with Gasteiger partial charge in [0.25, 0.3) is 0 Å². The molecule has 12 aromatic carbocycles. The van der Waals surface area contributed by atoms with Crippen molar-refractivity contribution in [2.24, 2.45) is 0 Å². The number of anilines is 3. The van der Waals surface area contributed by atoms with Crippen molar-refractivity contribution < 1.29 is 0 Å². The first-order chi connectivity index (χ1) is 34.3. The Kier molecular flexibility index (Phi) is 7.98. The molecule has 1 heteroatoms. The van der Waals surface area contributed by atoms with Crippen LogP contribution in [0.5, 0.6) is 0 Å². The van der Waals surface area contributed by atoms with Gasteiger partial charge in [0, 0.05) is 16.9 Å². The van der Waals surface area contributed by atoms with Crippen molar-refractivity contribution >= 4 is 49.4 Å². The quantitative estimate of drug-likeness (QED) is 0.156. The summed E-state index contributed by atoms with van der Waals surface area (Å²) in [6.07, 6.45) is 0. The Balaban J connectivity index is 1.07. The van der Waals surface area contributed by atoms with Gasteiger partial charge in [0.1, 0.15) is 0 Å². The van der Waals surface area contributed by atoms with Crippen LogP contribution < -0.4 is 4.90 Å². The highest BCUT2D eigenvalue weighted by Gasteiger charge is 2.53. The lowest BCUT2D eigenvalue weighted by Gasteiger charge is -2.37. The van der Waals surface area contributed by atoms with E-state index in [0.29, 0.717) is 0 Å². The summed E-state index contributed by atoms with van der Waals surface area (Å²) in [5.41, 5.74) is 20.4. The Morgan fingerprint density at radius 1 is 0.232 bits per heavy atom. The van der Waals surface area contributed by atoms with Crippen molar-refractivity contribution in [2.45, 2.75) is 10.8 Å². The van der Waals surface area contributed by atoms with E-state index in [2.05, 4.69) is 266 Å². The molecule has 69 heavy (non-hydrogen) atoms. The highest BCUT2D eigenvalue weighted by molar-refractivity contribution is 6.26. The second-order valence-electron chi connectivity index (χ2n) is 19.0. The molecule has 0 radical (unpaired) electrons. The molecule has 320 valence electrons. The summed E-state index contributed by atoms with van der Waals surface area (Å²) in [7, 11) is 0. The molecular formula is C68H43N. The first-order valence-corrected chi connectivity index (χ1v) is 24.2. The summed E-state index contributed by atoms with van der Waals surface area (Å²) in [6.45, 7) is 0. The lowest BCUT2D eigenvalue weighted by molar-refractivity contribution is 0.768. The Hall–Kier alpha value is -8.78. The van der Waals surface area contributed by atoms with Crippen LogP contribution in [0.2, 0.25) is 0 Å². The standard InChI is InChI=1S/C68H43N/c1-2-20-44(21-3-1)67(60-34-13-8-28-53(60)54-29-9-14-35-61(54)67)45-22-18-23-46(42-45)69(47-40-41-52-50-26-5-4-24-48(50)49-25-6-7-27-51(49)59(52)43-47)65-39-19-33-58-57-32-12-17-38-64(57)68(66(58)65)62-36-15-10-30-55(62)56-31-11-16-37-63(56)68/h1-43H. The van der Waals surface area contributed by atoms with E-state index in [9.17, 15) is 0 Å². The number of hydrogen-bond acceptors (Lipinski definition) is 1. The van der Waals surface area contributed by atoms with Gasteiger partial charge >= 0.3 is 0 Å². The molecule has 0 saturated heterocycles. The van der Waals surface area contributed by atoms with Crippen LogP contribution in [0.4, 0.5) is 17.1 Å². The van der Waals surface area contributed by atoms with Crippen LogP contribution in [-0.2, 0) is 10.8 Å². The molecule has 0 unspecified atom stereocenters. The molecule has 3 aliphatic carbocycles. The maximum absolute atomic E-state index is 2.59. The van der Waals surface area contributed by atoms with Gasteiger partial charge in [-0.15, -0.1) is 0 Å². The fourth-order valence-corrected chi connectivity index (χ4v) is 13.4. The van der Waals surface area contributed by atoms with Gasteiger partial charge in [0.05, 0.1) is 16.5 Å². The Bertz CT molecular complexity index is 3960. The molecule has 1 nitrogen and oxygen atoms in total. The lowest BCUT2D eigenvalue weighted by Crippen LogP contribution is -2.29. The first kappa shape index (κ1) is 38.3. The van der Waals surface area contributed by atoms with E-state index < -0.39 is 10.8 Å². The molecule has 0 fully saturated rings. The minimum absolute atomic E-state index is 0.556. The van der Waals surface area contributed by atoms with Crippen LogP contribution in [0.15, 0.2) is 261 Å². The van der Waals surface area contributed by atoms with E-state index in [1.807, 2.05) is 0 Å². The summed E-state index contributed by atoms with van der Waals surface area (Å²) in [5.74, 6) is 0. The third kappa shape index (κ3) is 4.98. The average Bonchev–Trinajstić information content (AvgIpc) is 4.02. The maximum Gasteiger partial charge on any atom is 0.0746 e. The highest BCUT2D eigenvalue weighted by Crippen LogP contribution is 2.66. The van der Waals surface area contributed by atoms with Crippen LogP contribution in [0.3, 0.4) is 0 Å². The molecule has 0 amide bonds. The van der Waals surface area contributed by atoms with E-state index in [1.165, 1.54) is 110 Å². The largest absolute Gasteiger partial charge is 0.310 e. The number of benzene rings is 12. The van der Waals surface area contributed by atoms with Crippen molar-refractivity contribution in [1.29, 1.82) is 0 Å².